The summed E-state index contributed by atoms with van der Waals surface area (Å²) < 4.78 is 90.9. The summed E-state index contributed by atoms with van der Waals surface area (Å²) in [6.07, 6.45) is -10.5. The first-order valence-corrected chi connectivity index (χ1v) is 11.4. The van der Waals surface area contributed by atoms with Gasteiger partial charge in [0.1, 0.15) is 0 Å². The summed E-state index contributed by atoms with van der Waals surface area (Å²) in [5.41, 5.74) is -9.74. The van der Waals surface area contributed by atoms with Crippen LogP contribution in [0.1, 0.15) is 11.1 Å². The molecule has 0 radical (unpaired) electrons. The van der Waals surface area contributed by atoms with Crippen molar-refractivity contribution in [1.29, 1.82) is 0 Å². The summed E-state index contributed by atoms with van der Waals surface area (Å²) in [6, 6.07) is 7.29. The van der Waals surface area contributed by atoms with Gasteiger partial charge in [-0.25, -0.2) is 0 Å². The summed E-state index contributed by atoms with van der Waals surface area (Å²) in [4.78, 5) is 41.1. The van der Waals surface area contributed by atoms with Gasteiger partial charge in [-0.3, -0.25) is 40.5 Å². The van der Waals surface area contributed by atoms with Gasteiger partial charge in [0.05, 0.1) is 30.8 Å². The van der Waals surface area contributed by atoms with Crippen molar-refractivity contribution in [1.82, 2.24) is 0 Å². The zero-order valence-electron chi connectivity index (χ0n) is 20.9. The molecule has 0 atom stereocenters. The second-order valence-electron chi connectivity index (χ2n) is 8.53. The second kappa shape index (κ2) is 11.0. The van der Waals surface area contributed by atoms with Crippen LogP contribution in [0.15, 0.2) is 60.7 Å². The van der Waals surface area contributed by atoms with Crippen molar-refractivity contribution in [2.24, 2.45) is 0 Å². The van der Waals surface area contributed by atoms with Gasteiger partial charge in [0.25, 0.3) is 11.5 Å². The van der Waals surface area contributed by atoms with Crippen molar-refractivity contribution in [2.75, 3.05) is 0 Å². The van der Waals surface area contributed by atoms with E-state index in [0.717, 1.165) is 6.07 Å². The van der Waals surface area contributed by atoms with E-state index in [9.17, 15) is 66.8 Å². The maximum absolute atomic E-state index is 13.4. The zero-order valence-corrected chi connectivity index (χ0v) is 20.9. The molecule has 0 saturated heterocycles. The van der Waals surface area contributed by atoms with E-state index in [4.69, 9.17) is 9.47 Å². The SMILES string of the molecule is O=[N+]([O-])c1cc(C(F)(F)F)cc([N+](=O)[O-])c1Oc1ccc2ccccc2c1Oc1c([N+](=O)[O-])cc(C(F)(F)F)cc1[N+](=O)[O-]. The number of nitrogens with zero attached hydrogens (tertiary/aromatic N) is 4. The molecule has 0 aliphatic rings. The van der Waals surface area contributed by atoms with Crippen LogP contribution >= 0.6 is 0 Å². The number of hydrogen-bond acceptors (Lipinski definition) is 10. The van der Waals surface area contributed by atoms with Crippen molar-refractivity contribution in [3.8, 4) is 23.0 Å². The third-order valence-corrected chi connectivity index (χ3v) is 5.80. The monoisotopic (exact) mass is 628 g/mol. The van der Waals surface area contributed by atoms with Crippen molar-refractivity contribution in [2.45, 2.75) is 12.4 Å². The Morgan fingerprint density at radius 3 is 1.30 bits per heavy atom. The Labute approximate surface area is 237 Å². The van der Waals surface area contributed by atoms with Crippen LogP contribution in [0.2, 0.25) is 0 Å². The van der Waals surface area contributed by atoms with Crippen molar-refractivity contribution >= 4 is 33.5 Å². The van der Waals surface area contributed by atoms with Gasteiger partial charge in [-0.2, -0.15) is 26.3 Å². The van der Waals surface area contributed by atoms with Crippen LogP contribution in [-0.4, -0.2) is 19.7 Å². The number of nitro groups is 4. The third kappa shape index (κ3) is 5.93. The highest BCUT2D eigenvalue weighted by Gasteiger charge is 2.41. The Balaban J connectivity index is 2.03. The fourth-order valence-electron chi connectivity index (χ4n) is 3.90. The van der Waals surface area contributed by atoms with E-state index >= 15 is 0 Å². The van der Waals surface area contributed by atoms with Crippen LogP contribution in [0.25, 0.3) is 10.8 Å². The molecular formula is C24H10F6N4O10. The largest absolute Gasteiger partial charge is 0.440 e. The highest BCUT2D eigenvalue weighted by Crippen LogP contribution is 2.51. The summed E-state index contributed by atoms with van der Waals surface area (Å²) in [5, 5.41) is 46.8. The molecule has 0 aliphatic carbocycles. The molecule has 0 unspecified atom stereocenters. The van der Waals surface area contributed by atoms with E-state index in [1.807, 2.05) is 0 Å². The minimum Gasteiger partial charge on any atom is -0.440 e. The number of benzene rings is 4. The van der Waals surface area contributed by atoms with Crippen molar-refractivity contribution < 1.29 is 55.5 Å². The maximum atomic E-state index is 13.4. The van der Waals surface area contributed by atoms with Crippen LogP contribution in [0.3, 0.4) is 0 Å². The Kier molecular flexibility index (Phi) is 7.69. The number of ether oxygens (including phenoxy) is 2. The first-order chi connectivity index (χ1) is 20.4. The molecule has 20 heteroatoms. The van der Waals surface area contributed by atoms with Crippen LogP contribution in [-0.2, 0) is 12.4 Å². The fraction of sp³-hybridized carbons (Fsp3) is 0.0833. The summed E-state index contributed by atoms with van der Waals surface area (Å²) in [6.45, 7) is 0. The van der Waals surface area contributed by atoms with Crippen LogP contribution < -0.4 is 9.47 Å². The molecule has 0 heterocycles. The predicted octanol–water partition coefficient (Wildman–Crippen LogP) is 8.09. The Bertz CT molecular complexity index is 1810. The minimum atomic E-state index is -5.28. The lowest BCUT2D eigenvalue weighted by Gasteiger charge is -2.16. The van der Waals surface area contributed by atoms with Gasteiger partial charge < -0.3 is 9.47 Å². The van der Waals surface area contributed by atoms with Gasteiger partial charge in [-0.1, -0.05) is 30.3 Å². The van der Waals surface area contributed by atoms with E-state index in [1.54, 1.807) is 0 Å². The fourth-order valence-corrected chi connectivity index (χ4v) is 3.90. The van der Waals surface area contributed by atoms with E-state index in [-0.39, 0.29) is 35.0 Å². The zero-order chi connectivity index (χ0) is 32.7. The molecule has 0 fully saturated rings. The number of hydrogen-bond donors (Lipinski definition) is 0. The maximum Gasteiger partial charge on any atom is 0.416 e. The number of halogens is 6. The van der Waals surface area contributed by atoms with E-state index in [0.29, 0.717) is 0 Å². The molecule has 4 rings (SSSR count). The minimum absolute atomic E-state index is 0.0560. The molecule has 0 aliphatic heterocycles. The summed E-state index contributed by atoms with van der Waals surface area (Å²) in [7, 11) is 0. The topological polar surface area (TPSA) is 191 Å². The average molecular weight is 628 g/mol. The number of fused-ring (bicyclic) bond motifs is 1. The average Bonchev–Trinajstić information content (AvgIpc) is 2.92. The first kappa shape index (κ1) is 30.9. The number of alkyl halides is 6. The van der Waals surface area contributed by atoms with Gasteiger partial charge >= 0.3 is 35.1 Å². The lowest BCUT2D eigenvalue weighted by Crippen LogP contribution is -2.09. The molecule has 44 heavy (non-hydrogen) atoms. The normalized spacial score (nSPS) is 11.7. The summed E-state index contributed by atoms with van der Waals surface area (Å²) in [5.74, 6) is -4.30. The number of rotatable bonds is 8. The Hall–Kier alpha value is -6.08. The molecular weight excluding hydrogens is 618 g/mol. The Morgan fingerprint density at radius 2 is 0.909 bits per heavy atom. The molecule has 0 spiro atoms. The lowest BCUT2D eigenvalue weighted by molar-refractivity contribution is -0.396. The quantitative estimate of drug-likeness (QED) is 0.105. The first-order valence-electron chi connectivity index (χ1n) is 11.4. The Morgan fingerprint density at radius 1 is 0.523 bits per heavy atom. The van der Waals surface area contributed by atoms with Crippen molar-refractivity contribution in [3.05, 3.63) is 112 Å². The predicted molar refractivity (Wildman–Crippen MR) is 134 cm³/mol. The molecule has 4 aromatic rings. The smallest absolute Gasteiger partial charge is 0.416 e. The van der Waals surface area contributed by atoms with Crippen LogP contribution in [0.4, 0.5) is 49.1 Å². The van der Waals surface area contributed by atoms with Crippen LogP contribution in [0.5, 0.6) is 23.0 Å². The highest BCUT2D eigenvalue weighted by molar-refractivity contribution is 5.91. The molecule has 14 nitrogen and oxygen atoms in total. The van der Waals surface area contributed by atoms with Gasteiger partial charge in [-0.05, 0) is 11.5 Å². The van der Waals surface area contributed by atoms with Crippen molar-refractivity contribution in [3.63, 3.8) is 0 Å². The third-order valence-electron chi connectivity index (χ3n) is 5.80. The van der Waals surface area contributed by atoms with Gasteiger partial charge in [0, 0.05) is 29.7 Å². The van der Waals surface area contributed by atoms with E-state index in [2.05, 4.69) is 0 Å². The van der Waals surface area contributed by atoms with E-state index in [1.165, 1.54) is 30.3 Å². The molecule has 4 aromatic carbocycles. The highest BCUT2D eigenvalue weighted by atomic mass is 19.4. The van der Waals surface area contributed by atoms with Crippen LogP contribution in [0, 0.1) is 40.5 Å². The molecule has 0 amide bonds. The molecule has 0 bridgehead atoms. The van der Waals surface area contributed by atoms with Gasteiger partial charge in [0.15, 0.2) is 11.5 Å². The lowest BCUT2D eigenvalue weighted by atomic mass is 10.1. The van der Waals surface area contributed by atoms with Gasteiger partial charge in [-0.15, -0.1) is 0 Å². The van der Waals surface area contributed by atoms with Gasteiger partial charge in [0.2, 0.25) is 0 Å². The second-order valence-corrected chi connectivity index (χ2v) is 8.53. The molecule has 228 valence electrons. The standard InChI is InChI=1S/C24H10F6N4O10/c25-23(26,27)12-7-15(31(35)36)21(16(8-12)32(37)38)43-19-6-5-11-3-1-2-4-14(11)20(19)44-22-17(33(39)40)9-13(24(28,29)30)10-18(22)34(41)42/h1-10H. The molecule has 0 N–H and O–H groups in total. The molecule has 0 aromatic heterocycles. The number of nitro benzene ring substituents is 4. The molecule has 0 saturated carbocycles. The van der Waals surface area contributed by atoms with E-state index < -0.39 is 88.9 Å². The summed E-state index contributed by atoms with van der Waals surface area (Å²) >= 11 is 0.